The van der Waals surface area contributed by atoms with Crippen LogP contribution in [0.2, 0.25) is 0 Å². The van der Waals surface area contributed by atoms with Crippen LogP contribution in [-0.2, 0) is 0 Å². The van der Waals surface area contributed by atoms with Crippen LogP contribution >= 0.6 is 31.9 Å². The summed E-state index contributed by atoms with van der Waals surface area (Å²) in [5, 5.41) is 11.6. The summed E-state index contributed by atoms with van der Waals surface area (Å²) in [5.74, 6) is -1.25. The molecule has 0 unspecified atom stereocenters. The molecule has 1 amide bonds. The zero-order valence-electron chi connectivity index (χ0n) is 9.95. The summed E-state index contributed by atoms with van der Waals surface area (Å²) >= 11 is 6.26. The minimum atomic E-state index is -0.638. The van der Waals surface area contributed by atoms with Crippen molar-refractivity contribution in [2.75, 3.05) is 5.32 Å². The lowest BCUT2D eigenvalue weighted by molar-refractivity contribution is 0.102. The Morgan fingerprint density at radius 1 is 1.25 bits per heavy atom. The number of anilines is 1. The number of amides is 1. The molecular formula is C14H7Br2FN2O. The molecule has 0 fully saturated rings. The number of carbonyl (C=O) groups excluding carboxylic acids is 1. The van der Waals surface area contributed by atoms with Gasteiger partial charge in [-0.25, -0.2) is 4.39 Å². The van der Waals surface area contributed by atoms with Crippen LogP contribution in [0.5, 0.6) is 0 Å². The van der Waals surface area contributed by atoms with Gasteiger partial charge in [0.1, 0.15) is 11.9 Å². The number of nitriles is 1. The van der Waals surface area contributed by atoms with Gasteiger partial charge < -0.3 is 5.32 Å². The molecule has 0 saturated heterocycles. The van der Waals surface area contributed by atoms with Crippen molar-refractivity contribution >= 4 is 43.5 Å². The van der Waals surface area contributed by atoms with E-state index in [1.165, 1.54) is 12.1 Å². The Kier molecular flexibility index (Phi) is 4.53. The van der Waals surface area contributed by atoms with Gasteiger partial charge in [-0.3, -0.25) is 4.79 Å². The highest BCUT2D eigenvalue weighted by Gasteiger charge is 2.15. The summed E-state index contributed by atoms with van der Waals surface area (Å²) in [6.45, 7) is 0. The maximum Gasteiger partial charge on any atom is 0.258 e. The number of nitrogens with one attached hydrogen (secondary N) is 1. The number of carbonyl (C=O) groups is 1. The Hall–Kier alpha value is -1.71. The third kappa shape index (κ3) is 3.06. The zero-order valence-corrected chi connectivity index (χ0v) is 13.1. The van der Waals surface area contributed by atoms with E-state index in [1.807, 2.05) is 6.07 Å². The number of benzene rings is 2. The van der Waals surface area contributed by atoms with Crippen LogP contribution < -0.4 is 5.32 Å². The second-order valence-electron chi connectivity index (χ2n) is 3.86. The molecule has 2 aromatic rings. The van der Waals surface area contributed by atoms with Gasteiger partial charge in [-0.1, -0.05) is 22.0 Å². The molecule has 0 radical (unpaired) electrons. The zero-order chi connectivity index (χ0) is 14.7. The Labute approximate surface area is 131 Å². The summed E-state index contributed by atoms with van der Waals surface area (Å²) in [6.07, 6.45) is 0. The van der Waals surface area contributed by atoms with Gasteiger partial charge in [0.15, 0.2) is 0 Å². The molecule has 0 saturated carbocycles. The second-order valence-corrected chi connectivity index (χ2v) is 5.63. The predicted molar refractivity (Wildman–Crippen MR) is 80.9 cm³/mol. The van der Waals surface area contributed by atoms with E-state index in [2.05, 4.69) is 37.2 Å². The van der Waals surface area contributed by atoms with E-state index in [0.717, 1.165) is 4.47 Å². The van der Waals surface area contributed by atoms with Gasteiger partial charge in [0.2, 0.25) is 0 Å². The van der Waals surface area contributed by atoms with E-state index in [1.54, 1.807) is 24.3 Å². The number of rotatable bonds is 2. The molecular weight excluding hydrogens is 391 g/mol. The molecule has 0 aliphatic carbocycles. The quantitative estimate of drug-likeness (QED) is 0.812. The van der Waals surface area contributed by atoms with Crippen LogP contribution in [0.4, 0.5) is 10.1 Å². The SMILES string of the molecule is N#Cc1cc(Br)ccc1NC(=O)c1cccc(Br)c1F. The van der Waals surface area contributed by atoms with Crippen LogP contribution in [0.1, 0.15) is 15.9 Å². The Balaban J connectivity index is 2.33. The lowest BCUT2D eigenvalue weighted by Crippen LogP contribution is -2.14. The minimum Gasteiger partial charge on any atom is -0.321 e. The van der Waals surface area contributed by atoms with E-state index in [0.29, 0.717) is 11.3 Å². The molecule has 0 heterocycles. The first-order valence-corrected chi connectivity index (χ1v) is 7.06. The van der Waals surface area contributed by atoms with Crippen LogP contribution in [0.3, 0.4) is 0 Å². The molecule has 2 rings (SSSR count). The summed E-state index contributed by atoms with van der Waals surface area (Å²) in [4.78, 5) is 12.0. The molecule has 100 valence electrons. The maximum atomic E-state index is 13.8. The number of halogens is 3. The molecule has 2 aromatic carbocycles. The van der Waals surface area contributed by atoms with Gasteiger partial charge in [-0.05, 0) is 46.3 Å². The molecule has 1 N–H and O–H groups in total. The van der Waals surface area contributed by atoms with E-state index in [4.69, 9.17) is 5.26 Å². The smallest absolute Gasteiger partial charge is 0.258 e. The molecule has 6 heteroatoms. The number of nitrogens with zero attached hydrogens (tertiary/aromatic N) is 1. The van der Waals surface area contributed by atoms with Gasteiger partial charge in [0.25, 0.3) is 5.91 Å². The predicted octanol–water partition coefficient (Wildman–Crippen LogP) is 4.47. The molecule has 0 atom stereocenters. The Morgan fingerprint density at radius 3 is 2.70 bits per heavy atom. The number of hydrogen-bond donors (Lipinski definition) is 1. The van der Waals surface area contributed by atoms with Gasteiger partial charge in [-0.15, -0.1) is 0 Å². The van der Waals surface area contributed by atoms with E-state index < -0.39 is 11.7 Å². The Morgan fingerprint density at radius 2 is 2.00 bits per heavy atom. The molecule has 0 aromatic heterocycles. The van der Waals surface area contributed by atoms with Crippen LogP contribution in [0.25, 0.3) is 0 Å². The second kappa shape index (κ2) is 6.16. The van der Waals surface area contributed by atoms with Crippen LogP contribution in [0.15, 0.2) is 45.3 Å². The van der Waals surface area contributed by atoms with Crippen molar-refractivity contribution in [1.29, 1.82) is 5.26 Å². The van der Waals surface area contributed by atoms with Crippen molar-refractivity contribution in [3.05, 3.63) is 62.3 Å². The van der Waals surface area contributed by atoms with Gasteiger partial charge in [-0.2, -0.15) is 5.26 Å². The normalized spacial score (nSPS) is 9.90. The fourth-order valence-electron chi connectivity index (χ4n) is 1.59. The summed E-state index contributed by atoms with van der Waals surface area (Å²) in [5.41, 5.74) is 0.536. The van der Waals surface area contributed by atoms with Crippen molar-refractivity contribution in [1.82, 2.24) is 0 Å². The lowest BCUT2D eigenvalue weighted by Gasteiger charge is -2.08. The number of hydrogen-bond acceptors (Lipinski definition) is 2. The molecule has 3 nitrogen and oxygen atoms in total. The molecule has 0 bridgehead atoms. The largest absolute Gasteiger partial charge is 0.321 e. The average molecular weight is 398 g/mol. The third-order valence-electron chi connectivity index (χ3n) is 2.55. The first kappa shape index (κ1) is 14.7. The monoisotopic (exact) mass is 396 g/mol. The average Bonchev–Trinajstić information content (AvgIpc) is 2.43. The van der Waals surface area contributed by atoms with Crippen molar-refractivity contribution in [2.45, 2.75) is 0 Å². The highest BCUT2D eigenvalue weighted by Crippen LogP contribution is 2.23. The molecule has 20 heavy (non-hydrogen) atoms. The third-order valence-corrected chi connectivity index (χ3v) is 3.65. The van der Waals surface area contributed by atoms with Crippen molar-refractivity contribution in [3.63, 3.8) is 0 Å². The Bertz CT molecular complexity index is 726. The highest BCUT2D eigenvalue weighted by molar-refractivity contribution is 9.10. The standard InChI is InChI=1S/C14H7Br2FN2O/c15-9-4-5-12(8(6-9)7-18)19-14(20)10-2-1-3-11(16)13(10)17/h1-6H,(H,19,20). The van der Waals surface area contributed by atoms with Crippen molar-refractivity contribution in [3.8, 4) is 6.07 Å². The van der Waals surface area contributed by atoms with E-state index in [-0.39, 0.29) is 10.0 Å². The fourth-order valence-corrected chi connectivity index (χ4v) is 2.31. The first-order valence-electron chi connectivity index (χ1n) is 5.48. The molecule has 0 spiro atoms. The fraction of sp³-hybridized carbons (Fsp3) is 0. The van der Waals surface area contributed by atoms with Gasteiger partial charge in [0, 0.05) is 4.47 Å². The van der Waals surface area contributed by atoms with Crippen molar-refractivity contribution in [2.24, 2.45) is 0 Å². The minimum absolute atomic E-state index is 0.0915. The van der Waals surface area contributed by atoms with E-state index in [9.17, 15) is 9.18 Å². The lowest BCUT2D eigenvalue weighted by atomic mass is 10.1. The van der Waals surface area contributed by atoms with Crippen LogP contribution in [0, 0.1) is 17.1 Å². The summed E-state index contributed by atoms with van der Waals surface area (Å²) in [6, 6.07) is 11.3. The summed E-state index contributed by atoms with van der Waals surface area (Å²) in [7, 11) is 0. The highest BCUT2D eigenvalue weighted by atomic mass is 79.9. The van der Waals surface area contributed by atoms with Crippen molar-refractivity contribution < 1.29 is 9.18 Å². The first-order chi connectivity index (χ1) is 9.52. The molecule has 0 aliphatic rings. The molecule has 0 aliphatic heterocycles. The van der Waals surface area contributed by atoms with Crippen LogP contribution in [-0.4, -0.2) is 5.91 Å². The van der Waals surface area contributed by atoms with Gasteiger partial charge >= 0.3 is 0 Å². The topological polar surface area (TPSA) is 52.9 Å². The van der Waals surface area contributed by atoms with Gasteiger partial charge in [0.05, 0.1) is 21.3 Å². The van der Waals surface area contributed by atoms with E-state index >= 15 is 0 Å². The summed E-state index contributed by atoms with van der Waals surface area (Å²) < 4.78 is 14.8. The maximum absolute atomic E-state index is 13.8.